The molecule has 0 radical (unpaired) electrons. The lowest BCUT2D eigenvalue weighted by Crippen LogP contribution is -2.34. The molecular formula is C23H21N3O3S. The van der Waals surface area contributed by atoms with Crippen molar-refractivity contribution in [3.63, 3.8) is 0 Å². The monoisotopic (exact) mass is 419 g/mol. The van der Waals surface area contributed by atoms with Crippen LogP contribution < -0.4 is 5.32 Å². The Balaban J connectivity index is 1.48. The lowest BCUT2D eigenvalue weighted by molar-refractivity contribution is -0.120. The standard InChI is InChI=1S/C23H21N3O3S/c1-15-19(13-14-28-15)22-25-26-23(29-22)30-16(2)21(27)24-20(17-9-5-3-6-10-17)18-11-7-4-8-12-18/h3-14,16,20H,1-2H3,(H,24,27). The number of aryl methyl sites for hydroxylation is 1. The van der Waals surface area contributed by atoms with Crippen LogP contribution in [0.15, 0.2) is 87.1 Å². The van der Waals surface area contributed by atoms with Crippen LogP contribution in [-0.4, -0.2) is 21.4 Å². The molecule has 4 aromatic rings. The van der Waals surface area contributed by atoms with E-state index in [2.05, 4.69) is 15.5 Å². The first-order valence-electron chi connectivity index (χ1n) is 9.56. The lowest BCUT2D eigenvalue weighted by atomic mass is 9.98. The summed E-state index contributed by atoms with van der Waals surface area (Å²) in [6, 6.07) is 21.3. The Morgan fingerprint density at radius 3 is 2.17 bits per heavy atom. The number of hydrogen-bond acceptors (Lipinski definition) is 6. The molecule has 1 amide bonds. The fourth-order valence-corrected chi connectivity index (χ4v) is 3.78. The van der Waals surface area contributed by atoms with Gasteiger partial charge in [0.25, 0.3) is 11.1 Å². The molecule has 6 nitrogen and oxygen atoms in total. The van der Waals surface area contributed by atoms with E-state index in [1.54, 1.807) is 12.3 Å². The van der Waals surface area contributed by atoms with E-state index >= 15 is 0 Å². The van der Waals surface area contributed by atoms with Crippen LogP contribution >= 0.6 is 11.8 Å². The Bertz CT molecular complexity index is 1070. The number of carbonyl (C=O) groups is 1. The summed E-state index contributed by atoms with van der Waals surface area (Å²) >= 11 is 1.23. The number of aromatic nitrogens is 2. The normalized spacial score (nSPS) is 12.1. The van der Waals surface area contributed by atoms with Crippen LogP contribution in [0.1, 0.15) is 29.9 Å². The first-order chi connectivity index (χ1) is 14.6. The lowest BCUT2D eigenvalue weighted by Gasteiger charge is -2.21. The summed E-state index contributed by atoms with van der Waals surface area (Å²) in [5.74, 6) is 0.967. The molecule has 0 aliphatic carbocycles. The molecule has 30 heavy (non-hydrogen) atoms. The number of thioether (sulfide) groups is 1. The van der Waals surface area contributed by atoms with Crippen LogP contribution in [0.5, 0.6) is 0 Å². The van der Waals surface area contributed by atoms with E-state index in [1.807, 2.05) is 74.5 Å². The largest absolute Gasteiger partial charge is 0.469 e. The fourth-order valence-electron chi connectivity index (χ4n) is 3.09. The molecule has 152 valence electrons. The maximum absolute atomic E-state index is 13.0. The third kappa shape index (κ3) is 4.46. The topological polar surface area (TPSA) is 81.2 Å². The average Bonchev–Trinajstić information content (AvgIpc) is 3.41. The quantitative estimate of drug-likeness (QED) is 0.424. The van der Waals surface area contributed by atoms with Gasteiger partial charge in [0, 0.05) is 0 Å². The molecule has 0 bridgehead atoms. The van der Waals surface area contributed by atoms with Crippen LogP contribution in [0.3, 0.4) is 0 Å². The van der Waals surface area contributed by atoms with Crippen molar-refractivity contribution >= 4 is 17.7 Å². The second-order valence-electron chi connectivity index (χ2n) is 6.79. The number of amides is 1. The highest BCUT2D eigenvalue weighted by Gasteiger charge is 2.23. The second-order valence-corrected chi connectivity index (χ2v) is 8.08. The van der Waals surface area contributed by atoms with Crippen LogP contribution in [0.4, 0.5) is 0 Å². The van der Waals surface area contributed by atoms with Gasteiger partial charge >= 0.3 is 0 Å². The summed E-state index contributed by atoms with van der Waals surface area (Å²) in [7, 11) is 0. The first-order valence-corrected chi connectivity index (χ1v) is 10.4. The fraction of sp³-hybridized carbons (Fsp3) is 0.174. The van der Waals surface area contributed by atoms with E-state index in [4.69, 9.17) is 8.83 Å². The third-order valence-electron chi connectivity index (χ3n) is 4.69. The van der Waals surface area contributed by atoms with Crippen LogP contribution in [-0.2, 0) is 4.79 Å². The number of nitrogens with one attached hydrogen (secondary N) is 1. The Morgan fingerprint density at radius 2 is 1.60 bits per heavy atom. The Morgan fingerprint density at radius 1 is 0.967 bits per heavy atom. The van der Waals surface area contributed by atoms with E-state index in [0.717, 1.165) is 16.7 Å². The molecule has 4 rings (SSSR count). The minimum atomic E-state index is -0.418. The number of benzene rings is 2. The maximum atomic E-state index is 13.0. The molecule has 0 aliphatic rings. The molecule has 2 aromatic heterocycles. The SMILES string of the molecule is Cc1occc1-c1nnc(SC(C)C(=O)NC(c2ccccc2)c2ccccc2)o1. The van der Waals surface area contributed by atoms with E-state index in [0.29, 0.717) is 16.9 Å². The Kier molecular flexibility index (Phi) is 5.99. The van der Waals surface area contributed by atoms with Gasteiger partial charge in [0.2, 0.25) is 5.91 Å². The zero-order valence-electron chi connectivity index (χ0n) is 16.6. The van der Waals surface area contributed by atoms with Crippen molar-refractivity contribution in [3.05, 3.63) is 89.9 Å². The number of rotatable bonds is 7. The van der Waals surface area contributed by atoms with E-state index in [-0.39, 0.29) is 11.9 Å². The number of nitrogens with zero attached hydrogens (tertiary/aromatic N) is 2. The molecule has 0 saturated carbocycles. The smallest absolute Gasteiger partial charge is 0.277 e. The molecule has 1 atom stereocenters. The molecular weight excluding hydrogens is 398 g/mol. The highest BCUT2D eigenvalue weighted by molar-refractivity contribution is 8.00. The minimum absolute atomic E-state index is 0.114. The first kappa shape index (κ1) is 20.0. The highest BCUT2D eigenvalue weighted by atomic mass is 32.2. The summed E-state index contributed by atoms with van der Waals surface area (Å²) in [5, 5.41) is 11.2. The van der Waals surface area contributed by atoms with E-state index < -0.39 is 5.25 Å². The molecule has 2 heterocycles. The van der Waals surface area contributed by atoms with Crippen LogP contribution in [0.2, 0.25) is 0 Å². The van der Waals surface area contributed by atoms with Crippen molar-refractivity contribution in [3.8, 4) is 11.5 Å². The molecule has 1 N–H and O–H groups in total. The Labute approximate surface area is 178 Å². The summed E-state index contributed by atoms with van der Waals surface area (Å²) in [6.07, 6.45) is 1.57. The highest BCUT2D eigenvalue weighted by Crippen LogP contribution is 2.29. The molecule has 7 heteroatoms. The predicted molar refractivity (Wildman–Crippen MR) is 115 cm³/mol. The summed E-state index contributed by atoms with van der Waals surface area (Å²) < 4.78 is 11.0. The van der Waals surface area contributed by atoms with Crippen LogP contribution in [0, 0.1) is 6.92 Å². The number of furan rings is 1. The number of carbonyl (C=O) groups excluding carboxylic acids is 1. The zero-order chi connectivity index (χ0) is 20.9. The van der Waals surface area contributed by atoms with Gasteiger partial charge in [-0.3, -0.25) is 4.79 Å². The van der Waals surface area contributed by atoms with Gasteiger partial charge in [-0.15, -0.1) is 10.2 Å². The summed E-state index contributed by atoms with van der Waals surface area (Å²) in [4.78, 5) is 13.0. The molecule has 0 saturated heterocycles. The van der Waals surface area contributed by atoms with Crippen molar-refractivity contribution in [1.82, 2.24) is 15.5 Å². The zero-order valence-corrected chi connectivity index (χ0v) is 17.4. The van der Waals surface area contributed by atoms with Gasteiger partial charge in [-0.2, -0.15) is 0 Å². The van der Waals surface area contributed by atoms with Crippen LogP contribution in [0.25, 0.3) is 11.5 Å². The van der Waals surface area contributed by atoms with Crippen molar-refractivity contribution in [1.29, 1.82) is 0 Å². The maximum Gasteiger partial charge on any atom is 0.277 e. The summed E-state index contributed by atoms with van der Waals surface area (Å²) in [5.41, 5.74) is 2.79. The van der Waals surface area contributed by atoms with Gasteiger partial charge in [-0.1, -0.05) is 72.4 Å². The van der Waals surface area contributed by atoms with Gasteiger partial charge in [0.05, 0.1) is 23.1 Å². The van der Waals surface area contributed by atoms with E-state index in [9.17, 15) is 4.79 Å². The van der Waals surface area contributed by atoms with Gasteiger partial charge in [-0.25, -0.2) is 0 Å². The molecule has 1 unspecified atom stereocenters. The molecule has 0 spiro atoms. The van der Waals surface area contributed by atoms with Crippen molar-refractivity contribution in [2.24, 2.45) is 0 Å². The minimum Gasteiger partial charge on any atom is -0.469 e. The molecule has 0 aliphatic heterocycles. The van der Waals surface area contributed by atoms with E-state index in [1.165, 1.54) is 11.8 Å². The van der Waals surface area contributed by atoms with Crippen molar-refractivity contribution in [2.75, 3.05) is 0 Å². The number of hydrogen-bond donors (Lipinski definition) is 1. The third-order valence-corrected chi connectivity index (χ3v) is 5.63. The van der Waals surface area contributed by atoms with Gasteiger partial charge < -0.3 is 14.2 Å². The van der Waals surface area contributed by atoms with Gasteiger partial charge in [0.1, 0.15) is 5.76 Å². The second kappa shape index (κ2) is 9.00. The predicted octanol–water partition coefficient (Wildman–Crippen LogP) is 5.02. The molecule has 2 aromatic carbocycles. The Hall–Kier alpha value is -3.32. The molecule has 0 fully saturated rings. The van der Waals surface area contributed by atoms with Crippen molar-refractivity contribution in [2.45, 2.75) is 30.4 Å². The van der Waals surface area contributed by atoms with Gasteiger partial charge in [-0.05, 0) is 31.0 Å². The average molecular weight is 420 g/mol. The van der Waals surface area contributed by atoms with Crippen molar-refractivity contribution < 1.29 is 13.6 Å². The summed E-state index contributed by atoms with van der Waals surface area (Å²) in [6.45, 7) is 3.65. The van der Waals surface area contributed by atoms with Gasteiger partial charge in [0.15, 0.2) is 0 Å².